The summed E-state index contributed by atoms with van der Waals surface area (Å²) in [5, 5.41) is 2.89. The number of imidazole rings is 1. The van der Waals surface area contributed by atoms with Crippen LogP contribution < -0.4 is 10.1 Å². The number of hydrogen-bond donors (Lipinski definition) is 1. The minimum Gasteiger partial charge on any atom is -0.494 e. The number of nitrogens with one attached hydrogen (secondary N) is 1. The van der Waals surface area contributed by atoms with E-state index in [9.17, 15) is 4.79 Å². The number of nitrogens with zero attached hydrogens (tertiary/aromatic N) is 2. The van der Waals surface area contributed by atoms with Crippen molar-refractivity contribution < 1.29 is 9.53 Å². The van der Waals surface area contributed by atoms with Crippen molar-refractivity contribution in [3.8, 4) is 5.75 Å². The van der Waals surface area contributed by atoms with E-state index in [0.29, 0.717) is 12.2 Å². The van der Waals surface area contributed by atoms with Crippen LogP contribution in [0.3, 0.4) is 0 Å². The van der Waals surface area contributed by atoms with E-state index < -0.39 is 0 Å². The van der Waals surface area contributed by atoms with Gasteiger partial charge in [0.1, 0.15) is 11.4 Å². The number of carbonyl (C=O) groups excluding carboxylic acids is 1. The Morgan fingerprint density at radius 2 is 2.04 bits per heavy atom. The third-order valence-corrected chi connectivity index (χ3v) is 3.72. The summed E-state index contributed by atoms with van der Waals surface area (Å²) >= 11 is 0. The number of anilines is 1. The molecule has 5 heteroatoms. The Labute approximate surface area is 141 Å². The lowest BCUT2D eigenvalue weighted by Crippen LogP contribution is -2.12. The van der Waals surface area contributed by atoms with E-state index in [-0.39, 0.29) is 5.91 Å². The SMILES string of the molecule is CCCCOc1ccc(NC(=O)c2ccn3cc(C)nc3c2)cc1. The molecule has 5 nitrogen and oxygen atoms in total. The lowest BCUT2D eigenvalue weighted by Gasteiger charge is -2.08. The van der Waals surface area contributed by atoms with Crippen LogP contribution in [0.2, 0.25) is 0 Å². The average Bonchev–Trinajstić information content (AvgIpc) is 2.95. The van der Waals surface area contributed by atoms with Crippen LogP contribution in [-0.2, 0) is 0 Å². The lowest BCUT2D eigenvalue weighted by atomic mass is 10.2. The summed E-state index contributed by atoms with van der Waals surface area (Å²) in [7, 11) is 0. The van der Waals surface area contributed by atoms with Gasteiger partial charge in [0.15, 0.2) is 0 Å². The Hall–Kier alpha value is -2.82. The Bertz CT molecular complexity index is 837. The molecule has 0 spiro atoms. The summed E-state index contributed by atoms with van der Waals surface area (Å²) in [6.45, 7) is 4.77. The van der Waals surface area contributed by atoms with Crippen LogP contribution in [0.5, 0.6) is 5.75 Å². The fourth-order valence-corrected chi connectivity index (χ4v) is 2.42. The molecule has 0 bridgehead atoms. The minimum atomic E-state index is -0.155. The van der Waals surface area contributed by atoms with Crippen molar-refractivity contribution >= 4 is 17.2 Å². The van der Waals surface area contributed by atoms with Crippen LogP contribution >= 0.6 is 0 Å². The Morgan fingerprint density at radius 1 is 1.25 bits per heavy atom. The zero-order chi connectivity index (χ0) is 16.9. The van der Waals surface area contributed by atoms with Crippen molar-refractivity contribution in [2.45, 2.75) is 26.7 Å². The first-order valence-corrected chi connectivity index (χ1v) is 8.15. The van der Waals surface area contributed by atoms with Gasteiger partial charge in [-0.05, 0) is 49.7 Å². The van der Waals surface area contributed by atoms with Crippen molar-refractivity contribution in [1.29, 1.82) is 0 Å². The second kappa shape index (κ2) is 7.17. The van der Waals surface area contributed by atoms with E-state index in [1.54, 1.807) is 12.1 Å². The molecule has 0 saturated carbocycles. The van der Waals surface area contributed by atoms with E-state index in [0.717, 1.165) is 35.6 Å². The van der Waals surface area contributed by atoms with E-state index in [2.05, 4.69) is 17.2 Å². The second-order valence-corrected chi connectivity index (χ2v) is 5.74. The van der Waals surface area contributed by atoms with E-state index >= 15 is 0 Å². The van der Waals surface area contributed by atoms with E-state index in [1.165, 1.54) is 0 Å². The monoisotopic (exact) mass is 323 g/mol. The quantitative estimate of drug-likeness (QED) is 0.696. The second-order valence-electron chi connectivity index (χ2n) is 5.74. The van der Waals surface area contributed by atoms with E-state index in [4.69, 9.17) is 4.74 Å². The van der Waals surface area contributed by atoms with Gasteiger partial charge in [0.25, 0.3) is 5.91 Å². The highest BCUT2D eigenvalue weighted by atomic mass is 16.5. The van der Waals surface area contributed by atoms with Crippen molar-refractivity contribution in [2.24, 2.45) is 0 Å². The number of amides is 1. The van der Waals surface area contributed by atoms with Gasteiger partial charge in [-0.3, -0.25) is 4.79 Å². The summed E-state index contributed by atoms with van der Waals surface area (Å²) in [5.41, 5.74) is 3.00. The first kappa shape index (κ1) is 16.1. The van der Waals surface area contributed by atoms with Gasteiger partial charge >= 0.3 is 0 Å². The van der Waals surface area contributed by atoms with Crippen molar-refractivity contribution in [2.75, 3.05) is 11.9 Å². The fourth-order valence-electron chi connectivity index (χ4n) is 2.42. The number of unbranched alkanes of at least 4 members (excludes halogenated alkanes) is 1. The molecular formula is C19H21N3O2. The molecule has 24 heavy (non-hydrogen) atoms. The lowest BCUT2D eigenvalue weighted by molar-refractivity contribution is 0.102. The van der Waals surface area contributed by atoms with Gasteiger partial charge in [-0.2, -0.15) is 0 Å². The summed E-state index contributed by atoms with van der Waals surface area (Å²) < 4.78 is 7.52. The molecule has 2 heterocycles. The van der Waals surface area contributed by atoms with Gasteiger partial charge in [0, 0.05) is 23.6 Å². The number of carbonyl (C=O) groups is 1. The predicted octanol–water partition coefficient (Wildman–Crippen LogP) is 4.07. The number of benzene rings is 1. The third kappa shape index (κ3) is 3.74. The van der Waals surface area contributed by atoms with Gasteiger partial charge in [0.2, 0.25) is 0 Å². The Morgan fingerprint density at radius 3 is 2.79 bits per heavy atom. The molecule has 3 rings (SSSR count). The molecule has 0 aliphatic rings. The minimum absolute atomic E-state index is 0.155. The van der Waals surface area contributed by atoms with Gasteiger partial charge in [0.05, 0.1) is 12.3 Å². The van der Waals surface area contributed by atoms with Crippen LogP contribution in [0.4, 0.5) is 5.69 Å². The number of rotatable bonds is 6. The molecule has 2 aromatic heterocycles. The smallest absolute Gasteiger partial charge is 0.255 e. The van der Waals surface area contributed by atoms with Crippen molar-refractivity contribution in [1.82, 2.24) is 9.38 Å². The Balaban J connectivity index is 1.66. The number of hydrogen-bond acceptors (Lipinski definition) is 3. The van der Waals surface area contributed by atoms with Crippen LogP contribution in [0, 0.1) is 6.92 Å². The van der Waals surface area contributed by atoms with Crippen LogP contribution in [0.25, 0.3) is 5.65 Å². The summed E-state index contributed by atoms with van der Waals surface area (Å²) in [5.74, 6) is 0.661. The molecule has 0 aliphatic heterocycles. The Kier molecular flexibility index (Phi) is 4.79. The largest absolute Gasteiger partial charge is 0.494 e. The maximum Gasteiger partial charge on any atom is 0.255 e. The molecule has 1 aromatic carbocycles. The highest BCUT2D eigenvalue weighted by Gasteiger charge is 2.08. The van der Waals surface area contributed by atoms with Crippen LogP contribution in [0.1, 0.15) is 35.8 Å². The molecular weight excluding hydrogens is 302 g/mol. The maximum absolute atomic E-state index is 12.4. The van der Waals surface area contributed by atoms with Gasteiger partial charge in [-0.25, -0.2) is 4.98 Å². The number of pyridine rings is 1. The molecule has 0 fully saturated rings. The number of fused-ring (bicyclic) bond motifs is 1. The summed E-state index contributed by atoms with van der Waals surface area (Å²) in [4.78, 5) is 16.8. The maximum atomic E-state index is 12.4. The zero-order valence-electron chi connectivity index (χ0n) is 14.0. The van der Waals surface area contributed by atoms with E-state index in [1.807, 2.05) is 48.0 Å². The standard InChI is InChI=1S/C19H21N3O2/c1-3-4-11-24-17-7-5-16(6-8-17)21-19(23)15-9-10-22-13-14(2)20-18(22)12-15/h5-10,12-13H,3-4,11H2,1-2H3,(H,21,23). The predicted molar refractivity (Wildman–Crippen MR) is 94.7 cm³/mol. The fraction of sp³-hybridized carbons (Fsp3) is 0.263. The topological polar surface area (TPSA) is 55.6 Å². The summed E-state index contributed by atoms with van der Waals surface area (Å²) in [6, 6.07) is 11.0. The molecule has 0 unspecified atom stereocenters. The van der Waals surface area contributed by atoms with Crippen LogP contribution in [-0.4, -0.2) is 21.9 Å². The molecule has 0 atom stereocenters. The van der Waals surface area contributed by atoms with Crippen molar-refractivity contribution in [3.05, 3.63) is 60.0 Å². The van der Waals surface area contributed by atoms with Gasteiger partial charge in [-0.15, -0.1) is 0 Å². The van der Waals surface area contributed by atoms with Gasteiger partial charge < -0.3 is 14.5 Å². The first-order chi connectivity index (χ1) is 11.7. The highest BCUT2D eigenvalue weighted by molar-refractivity contribution is 6.04. The van der Waals surface area contributed by atoms with Crippen LogP contribution in [0.15, 0.2) is 48.8 Å². The normalized spacial score (nSPS) is 10.8. The highest BCUT2D eigenvalue weighted by Crippen LogP contribution is 2.17. The zero-order valence-corrected chi connectivity index (χ0v) is 14.0. The molecule has 1 N–H and O–H groups in total. The molecule has 1 amide bonds. The first-order valence-electron chi connectivity index (χ1n) is 8.15. The van der Waals surface area contributed by atoms with Crippen molar-refractivity contribution in [3.63, 3.8) is 0 Å². The molecule has 124 valence electrons. The molecule has 0 aliphatic carbocycles. The average molecular weight is 323 g/mol. The molecule has 0 saturated heterocycles. The number of ether oxygens (including phenoxy) is 1. The number of aromatic nitrogens is 2. The van der Waals surface area contributed by atoms with Gasteiger partial charge in [-0.1, -0.05) is 13.3 Å². The molecule has 3 aromatic rings. The molecule has 0 radical (unpaired) electrons. The third-order valence-electron chi connectivity index (χ3n) is 3.72. The summed E-state index contributed by atoms with van der Waals surface area (Å²) in [6.07, 6.45) is 5.91. The number of aryl methyl sites for hydroxylation is 1.